The molecule has 18 heavy (non-hydrogen) atoms. The first kappa shape index (κ1) is 12.2. The van der Waals surface area contributed by atoms with Gasteiger partial charge in [0.1, 0.15) is 17.4 Å². The van der Waals surface area contributed by atoms with E-state index >= 15 is 0 Å². The molecule has 0 N–H and O–H groups in total. The molecule has 0 unspecified atom stereocenters. The first-order chi connectivity index (χ1) is 8.52. The Kier molecular flexibility index (Phi) is 3.07. The highest BCUT2D eigenvalue weighted by Crippen LogP contribution is 2.21. The first-order valence-corrected chi connectivity index (χ1v) is 5.73. The van der Waals surface area contributed by atoms with Crippen LogP contribution in [0.25, 0.3) is 10.9 Å². The highest BCUT2D eigenvalue weighted by Gasteiger charge is 2.07. The number of nitriles is 1. The van der Waals surface area contributed by atoms with Gasteiger partial charge in [-0.1, -0.05) is 0 Å². The number of benzene rings is 1. The summed E-state index contributed by atoms with van der Waals surface area (Å²) >= 11 is 0. The van der Waals surface area contributed by atoms with E-state index in [1.54, 1.807) is 13.1 Å². The lowest BCUT2D eigenvalue weighted by Crippen LogP contribution is -2.19. The number of nitrogens with zero attached hydrogens (tertiary/aromatic N) is 2. The van der Waals surface area contributed by atoms with E-state index < -0.39 is 0 Å². The Morgan fingerprint density at radius 2 is 2.06 bits per heavy atom. The zero-order chi connectivity index (χ0) is 13.3. The molecule has 0 spiro atoms. The number of ether oxygens (including phenoxy) is 1. The van der Waals surface area contributed by atoms with E-state index in [2.05, 4.69) is 0 Å². The Hall–Kier alpha value is -2.28. The molecule has 4 nitrogen and oxygen atoms in total. The zero-order valence-corrected chi connectivity index (χ0v) is 10.6. The summed E-state index contributed by atoms with van der Waals surface area (Å²) in [6, 6.07) is 9.02. The maximum atomic E-state index is 11.8. The van der Waals surface area contributed by atoms with Gasteiger partial charge in [-0.15, -0.1) is 0 Å². The van der Waals surface area contributed by atoms with Gasteiger partial charge < -0.3 is 9.30 Å². The van der Waals surface area contributed by atoms with E-state index in [1.807, 2.05) is 38.1 Å². The Morgan fingerprint density at radius 1 is 1.33 bits per heavy atom. The van der Waals surface area contributed by atoms with E-state index in [0.717, 1.165) is 16.7 Å². The number of hydrogen-bond acceptors (Lipinski definition) is 3. The molecule has 0 bridgehead atoms. The number of hydrogen-bond donors (Lipinski definition) is 0. The molecule has 0 saturated carbocycles. The van der Waals surface area contributed by atoms with Crippen molar-refractivity contribution in [1.82, 2.24) is 4.57 Å². The van der Waals surface area contributed by atoms with Gasteiger partial charge in [0.25, 0.3) is 5.56 Å². The van der Waals surface area contributed by atoms with Crippen molar-refractivity contribution in [2.75, 3.05) is 0 Å². The molecule has 0 saturated heterocycles. The van der Waals surface area contributed by atoms with Gasteiger partial charge in [-0.3, -0.25) is 4.79 Å². The van der Waals surface area contributed by atoms with Gasteiger partial charge in [0.05, 0.1) is 11.6 Å². The average molecular weight is 242 g/mol. The molecule has 0 aliphatic carbocycles. The summed E-state index contributed by atoms with van der Waals surface area (Å²) in [4.78, 5) is 11.8. The molecule has 0 aliphatic rings. The van der Waals surface area contributed by atoms with Crippen molar-refractivity contribution in [3.63, 3.8) is 0 Å². The third-order valence-electron chi connectivity index (χ3n) is 2.69. The minimum absolute atomic E-state index is 0.0884. The van der Waals surface area contributed by atoms with Crippen LogP contribution in [0.15, 0.2) is 29.1 Å². The minimum Gasteiger partial charge on any atom is -0.491 e. The Labute approximate surface area is 105 Å². The van der Waals surface area contributed by atoms with Crippen LogP contribution < -0.4 is 10.3 Å². The van der Waals surface area contributed by atoms with E-state index in [4.69, 9.17) is 10.00 Å². The molecule has 1 heterocycles. The standard InChI is InChI=1S/C14H14N2O2/c1-9(2)18-12-4-5-13-10(7-12)6-11(8-15)14(17)16(13)3/h4-7,9H,1-3H3. The summed E-state index contributed by atoms with van der Waals surface area (Å²) in [6.07, 6.45) is 0.0884. The van der Waals surface area contributed by atoms with Crippen LogP contribution in [0.5, 0.6) is 5.75 Å². The van der Waals surface area contributed by atoms with Gasteiger partial charge >= 0.3 is 0 Å². The van der Waals surface area contributed by atoms with Crippen molar-refractivity contribution in [3.05, 3.63) is 40.2 Å². The molecule has 0 amide bonds. The third kappa shape index (κ3) is 2.07. The summed E-state index contributed by atoms with van der Waals surface area (Å²) in [5, 5.41) is 9.75. The van der Waals surface area contributed by atoms with Crippen LogP contribution in [0, 0.1) is 11.3 Å². The average Bonchev–Trinajstić information content (AvgIpc) is 2.32. The number of aryl methyl sites for hydroxylation is 1. The highest BCUT2D eigenvalue weighted by atomic mass is 16.5. The number of fused-ring (bicyclic) bond motifs is 1. The SMILES string of the molecule is CC(C)Oc1ccc2c(c1)cc(C#N)c(=O)n2C. The van der Waals surface area contributed by atoms with E-state index in [-0.39, 0.29) is 17.2 Å². The molecule has 0 radical (unpaired) electrons. The lowest BCUT2D eigenvalue weighted by Gasteiger charge is -2.11. The predicted molar refractivity (Wildman–Crippen MR) is 69.7 cm³/mol. The summed E-state index contributed by atoms with van der Waals surface area (Å²) in [5.41, 5.74) is 0.657. The maximum Gasteiger partial charge on any atom is 0.268 e. The summed E-state index contributed by atoms with van der Waals surface area (Å²) in [7, 11) is 1.66. The second-order valence-corrected chi connectivity index (χ2v) is 4.42. The molecule has 2 rings (SSSR count). The topological polar surface area (TPSA) is 55.0 Å². The van der Waals surface area contributed by atoms with Gasteiger partial charge in [0.15, 0.2) is 0 Å². The normalized spacial score (nSPS) is 10.6. The summed E-state index contributed by atoms with van der Waals surface area (Å²) in [5.74, 6) is 0.736. The maximum absolute atomic E-state index is 11.8. The van der Waals surface area contributed by atoms with Crippen molar-refractivity contribution in [2.24, 2.45) is 7.05 Å². The van der Waals surface area contributed by atoms with Gasteiger partial charge in [0, 0.05) is 12.4 Å². The fourth-order valence-corrected chi connectivity index (χ4v) is 1.89. The van der Waals surface area contributed by atoms with E-state index in [9.17, 15) is 4.79 Å². The zero-order valence-electron chi connectivity index (χ0n) is 10.6. The van der Waals surface area contributed by atoms with Crippen LogP contribution in [0.1, 0.15) is 19.4 Å². The number of rotatable bonds is 2. The van der Waals surface area contributed by atoms with E-state index in [1.165, 1.54) is 4.57 Å². The predicted octanol–water partition coefficient (Wildman–Crippen LogP) is 2.20. The molecule has 1 aromatic heterocycles. The monoisotopic (exact) mass is 242 g/mol. The van der Waals surface area contributed by atoms with Gasteiger partial charge in [-0.05, 0) is 38.1 Å². The Morgan fingerprint density at radius 3 is 2.67 bits per heavy atom. The Balaban J connectivity index is 2.67. The van der Waals surface area contributed by atoms with Crippen LogP contribution in [0.2, 0.25) is 0 Å². The fourth-order valence-electron chi connectivity index (χ4n) is 1.89. The van der Waals surface area contributed by atoms with Crippen LogP contribution in [0.4, 0.5) is 0 Å². The Bertz CT molecular complexity index is 693. The fraction of sp³-hybridized carbons (Fsp3) is 0.286. The third-order valence-corrected chi connectivity index (χ3v) is 2.69. The molecule has 0 aliphatic heterocycles. The largest absolute Gasteiger partial charge is 0.491 e. The first-order valence-electron chi connectivity index (χ1n) is 5.73. The number of pyridine rings is 1. The molecule has 0 atom stereocenters. The van der Waals surface area contributed by atoms with Gasteiger partial charge in [-0.2, -0.15) is 5.26 Å². The molecule has 4 heteroatoms. The summed E-state index contributed by atoms with van der Waals surface area (Å²) < 4.78 is 7.07. The van der Waals surface area contributed by atoms with Crippen molar-refractivity contribution < 1.29 is 4.74 Å². The van der Waals surface area contributed by atoms with Gasteiger partial charge in [0.2, 0.25) is 0 Å². The van der Waals surface area contributed by atoms with Crippen molar-refractivity contribution >= 4 is 10.9 Å². The van der Waals surface area contributed by atoms with Crippen LogP contribution in [-0.2, 0) is 7.05 Å². The lowest BCUT2D eigenvalue weighted by atomic mass is 10.1. The second kappa shape index (κ2) is 4.53. The van der Waals surface area contributed by atoms with Gasteiger partial charge in [-0.25, -0.2) is 0 Å². The van der Waals surface area contributed by atoms with Crippen LogP contribution in [0.3, 0.4) is 0 Å². The van der Waals surface area contributed by atoms with Crippen molar-refractivity contribution in [2.45, 2.75) is 20.0 Å². The van der Waals surface area contributed by atoms with Crippen LogP contribution in [-0.4, -0.2) is 10.7 Å². The lowest BCUT2D eigenvalue weighted by molar-refractivity contribution is 0.243. The van der Waals surface area contributed by atoms with E-state index in [0.29, 0.717) is 0 Å². The van der Waals surface area contributed by atoms with Crippen molar-refractivity contribution in [3.8, 4) is 11.8 Å². The van der Waals surface area contributed by atoms with Crippen molar-refractivity contribution in [1.29, 1.82) is 5.26 Å². The smallest absolute Gasteiger partial charge is 0.268 e. The number of aromatic nitrogens is 1. The summed E-state index contributed by atoms with van der Waals surface area (Å²) in [6.45, 7) is 3.90. The second-order valence-electron chi connectivity index (χ2n) is 4.42. The quantitative estimate of drug-likeness (QED) is 0.811. The molecule has 92 valence electrons. The molecule has 1 aromatic carbocycles. The van der Waals surface area contributed by atoms with Crippen LogP contribution >= 0.6 is 0 Å². The molecular weight excluding hydrogens is 228 g/mol. The molecule has 2 aromatic rings. The molecule has 0 fully saturated rings. The minimum atomic E-state index is -0.275. The highest BCUT2D eigenvalue weighted by molar-refractivity contribution is 5.81. The molecular formula is C14H14N2O2.